The van der Waals surface area contributed by atoms with E-state index >= 15 is 0 Å². The van der Waals surface area contributed by atoms with Gasteiger partial charge < -0.3 is 9.47 Å². The van der Waals surface area contributed by atoms with Gasteiger partial charge in [-0.05, 0) is 26.2 Å². The Morgan fingerprint density at radius 3 is 1.50 bits per heavy atom. The van der Waals surface area contributed by atoms with Crippen LogP contribution < -0.4 is 0 Å². The second-order valence-corrected chi connectivity index (χ2v) is 4.28. The molecule has 0 rings (SSSR count). The van der Waals surface area contributed by atoms with Crippen molar-refractivity contribution in [1.29, 1.82) is 0 Å². The summed E-state index contributed by atoms with van der Waals surface area (Å²) >= 11 is 0. The van der Waals surface area contributed by atoms with Gasteiger partial charge in [0.1, 0.15) is 0 Å². The van der Waals surface area contributed by atoms with Gasteiger partial charge in [-0.2, -0.15) is 0 Å². The van der Waals surface area contributed by atoms with E-state index in [-0.39, 0.29) is 19.1 Å². The predicted octanol–water partition coefficient (Wildman–Crippen LogP) is 2.95. The second-order valence-electron chi connectivity index (χ2n) is 4.28. The van der Waals surface area contributed by atoms with E-state index in [4.69, 9.17) is 9.47 Å². The van der Waals surface area contributed by atoms with Gasteiger partial charge in [0, 0.05) is 0 Å². The highest BCUT2D eigenvalue weighted by Crippen LogP contribution is 2.39. The Bertz CT molecular complexity index is 251. The fraction of sp³-hybridized carbons (Fsp3) is 0.857. The number of hydrogen-bond acceptors (Lipinski definition) is 4. The maximum Gasteiger partial charge on any atom is 0.323 e. The smallest absolute Gasteiger partial charge is 0.323 e. The van der Waals surface area contributed by atoms with Gasteiger partial charge in [-0.15, -0.1) is 0 Å². The molecule has 0 aromatic rings. The monoisotopic (exact) mass is 258 g/mol. The zero-order valence-electron chi connectivity index (χ0n) is 12.2. The van der Waals surface area contributed by atoms with Crippen LogP contribution >= 0.6 is 0 Å². The molecule has 0 atom stereocenters. The van der Waals surface area contributed by atoms with Crippen LogP contribution in [0.25, 0.3) is 0 Å². The third-order valence-corrected chi connectivity index (χ3v) is 3.52. The minimum Gasteiger partial charge on any atom is -0.465 e. The fourth-order valence-electron chi connectivity index (χ4n) is 2.50. The van der Waals surface area contributed by atoms with E-state index in [0.29, 0.717) is 6.42 Å². The van der Waals surface area contributed by atoms with Crippen molar-refractivity contribution in [2.45, 2.75) is 53.9 Å². The second kappa shape index (κ2) is 8.11. The molecule has 0 aliphatic carbocycles. The highest BCUT2D eigenvalue weighted by molar-refractivity contribution is 6.00. The van der Waals surface area contributed by atoms with Crippen LogP contribution in [0.2, 0.25) is 0 Å². The summed E-state index contributed by atoms with van der Waals surface area (Å²) in [6.07, 6.45) is 1.92. The van der Waals surface area contributed by atoms with Crippen LogP contribution in [0, 0.1) is 11.3 Å². The first-order chi connectivity index (χ1) is 8.54. The molecule has 0 aliphatic heterocycles. The summed E-state index contributed by atoms with van der Waals surface area (Å²) in [5, 5.41) is 0. The number of rotatable bonds is 8. The summed E-state index contributed by atoms with van der Waals surface area (Å²) < 4.78 is 10.2. The van der Waals surface area contributed by atoms with Gasteiger partial charge in [0.05, 0.1) is 13.2 Å². The van der Waals surface area contributed by atoms with Crippen LogP contribution in [0.5, 0.6) is 0 Å². The molecule has 0 spiro atoms. The van der Waals surface area contributed by atoms with Crippen molar-refractivity contribution in [3.05, 3.63) is 0 Å². The summed E-state index contributed by atoms with van der Waals surface area (Å²) in [4.78, 5) is 24.5. The van der Waals surface area contributed by atoms with Crippen LogP contribution in [0.15, 0.2) is 0 Å². The lowest BCUT2D eigenvalue weighted by molar-refractivity contribution is -0.177. The summed E-state index contributed by atoms with van der Waals surface area (Å²) in [7, 11) is 0. The Labute approximate surface area is 110 Å². The molecule has 0 saturated carbocycles. The van der Waals surface area contributed by atoms with Crippen LogP contribution in [-0.2, 0) is 19.1 Å². The quantitative estimate of drug-likeness (QED) is 0.496. The lowest BCUT2D eigenvalue weighted by Gasteiger charge is -2.34. The lowest BCUT2D eigenvalue weighted by atomic mass is 9.70. The average Bonchev–Trinajstić information content (AvgIpc) is 2.36. The van der Waals surface area contributed by atoms with Gasteiger partial charge in [-0.3, -0.25) is 9.59 Å². The molecule has 0 saturated heterocycles. The lowest BCUT2D eigenvalue weighted by Crippen LogP contribution is -2.47. The molecule has 0 unspecified atom stereocenters. The average molecular weight is 258 g/mol. The molecule has 18 heavy (non-hydrogen) atoms. The molecule has 4 heteroatoms. The van der Waals surface area contributed by atoms with Gasteiger partial charge in [0.25, 0.3) is 0 Å². The molecule has 0 amide bonds. The molecule has 0 heterocycles. The molecule has 0 radical (unpaired) electrons. The Hall–Kier alpha value is -1.06. The van der Waals surface area contributed by atoms with E-state index in [0.717, 1.165) is 12.8 Å². The fourth-order valence-corrected chi connectivity index (χ4v) is 2.50. The van der Waals surface area contributed by atoms with E-state index in [9.17, 15) is 9.59 Å². The van der Waals surface area contributed by atoms with Crippen molar-refractivity contribution in [2.75, 3.05) is 13.2 Å². The molecular formula is C14H26O4. The third kappa shape index (κ3) is 3.24. The third-order valence-electron chi connectivity index (χ3n) is 3.52. The van der Waals surface area contributed by atoms with E-state index in [2.05, 4.69) is 0 Å². The van der Waals surface area contributed by atoms with E-state index in [1.807, 2.05) is 20.8 Å². The maximum atomic E-state index is 12.2. The maximum absolute atomic E-state index is 12.2. The first-order valence-electron chi connectivity index (χ1n) is 6.89. The summed E-state index contributed by atoms with van der Waals surface area (Å²) in [5.41, 5.74) is -1.14. The van der Waals surface area contributed by atoms with Crippen molar-refractivity contribution in [3.8, 4) is 0 Å². The van der Waals surface area contributed by atoms with E-state index in [1.165, 1.54) is 0 Å². The Morgan fingerprint density at radius 2 is 1.28 bits per heavy atom. The van der Waals surface area contributed by atoms with E-state index < -0.39 is 17.4 Å². The molecule has 4 nitrogen and oxygen atoms in total. The largest absolute Gasteiger partial charge is 0.465 e. The normalized spacial score (nSPS) is 11.4. The van der Waals surface area contributed by atoms with Crippen molar-refractivity contribution in [1.82, 2.24) is 0 Å². The Balaban J connectivity index is 5.44. The summed E-state index contributed by atoms with van der Waals surface area (Å²) in [6, 6.07) is 0. The topological polar surface area (TPSA) is 52.6 Å². The molecule has 106 valence electrons. The number of carbonyl (C=O) groups excluding carboxylic acids is 2. The summed E-state index contributed by atoms with van der Waals surface area (Å²) in [5.74, 6) is -0.931. The van der Waals surface area contributed by atoms with Gasteiger partial charge in [0.15, 0.2) is 5.41 Å². The van der Waals surface area contributed by atoms with Gasteiger partial charge >= 0.3 is 11.9 Å². The van der Waals surface area contributed by atoms with Crippen LogP contribution in [0.4, 0.5) is 0 Å². The zero-order chi connectivity index (χ0) is 14.2. The highest BCUT2D eigenvalue weighted by atomic mass is 16.6. The molecule has 0 fully saturated rings. The van der Waals surface area contributed by atoms with Crippen molar-refractivity contribution >= 4 is 11.9 Å². The Morgan fingerprint density at radius 1 is 0.889 bits per heavy atom. The first kappa shape index (κ1) is 16.9. The van der Waals surface area contributed by atoms with E-state index in [1.54, 1.807) is 13.8 Å². The van der Waals surface area contributed by atoms with Gasteiger partial charge in [0.2, 0.25) is 0 Å². The molecule has 0 N–H and O–H groups in total. The molecular weight excluding hydrogens is 232 g/mol. The predicted molar refractivity (Wildman–Crippen MR) is 70.1 cm³/mol. The van der Waals surface area contributed by atoms with Crippen molar-refractivity contribution in [3.63, 3.8) is 0 Å². The van der Waals surface area contributed by atoms with Crippen molar-refractivity contribution in [2.24, 2.45) is 11.3 Å². The first-order valence-corrected chi connectivity index (χ1v) is 6.89. The van der Waals surface area contributed by atoms with Gasteiger partial charge in [-0.1, -0.05) is 33.6 Å². The number of hydrogen-bond donors (Lipinski definition) is 0. The van der Waals surface area contributed by atoms with Gasteiger partial charge in [-0.25, -0.2) is 0 Å². The van der Waals surface area contributed by atoms with Crippen LogP contribution in [0.1, 0.15) is 53.9 Å². The van der Waals surface area contributed by atoms with Crippen LogP contribution in [0.3, 0.4) is 0 Å². The Kier molecular flexibility index (Phi) is 7.64. The number of esters is 2. The summed E-state index contributed by atoms with van der Waals surface area (Å²) in [6.45, 7) is 9.85. The minimum absolute atomic E-state index is 0.0411. The molecule has 0 aliphatic rings. The standard InChI is InChI=1S/C14H26O4/c1-6-11(7-2)14(8-3,12(15)17-9-4)13(16)18-10-5/h11H,6-10H2,1-5H3. The molecule has 0 aromatic heterocycles. The van der Waals surface area contributed by atoms with Crippen LogP contribution in [-0.4, -0.2) is 25.2 Å². The molecule has 0 bridgehead atoms. The minimum atomic E-state index is -1.14. The highest BCUT2D eigenvalue weighted by Gasteiger charge is 2.51. The SMILES string of the molecule is CCOC(=O)C(CC)(C(=O)OCC)C(CC)CC. The number of carbonyl (C=O) groups is 2. The molecule has 0 aromatic carbocycles. The number of ether oxygens (including phenoxy) is 2. The van der Waals surface area contributed by atoms with Crippen molar-refractivity contribution < 1.29 is 19.1 Å². The zero-order valence-corrected chi connectivity index (χ0v) is 12.2.